The van der Waals surface area contributed by atoms with Crippen LogP contribution < -0.4 is 0 Å². The van der Waals surface area contributed by atoms with Crippen molar-refractivity contribution >= 4 is 85.9 Å². The monoisotopic (exact) mass is 593 g/mol. The first-order chi connectivity index (χ1) is 15.6. The lowest BCUT2D eigenvalue weighted by Crippen LogP contribution is -2.30. The van der Waals surface area contributed by atoms with Gasteiger partial charge in [-0.15, -0.1) is 0 Å². The second-order valence-electron chi connectivity index (χ2n) is 7.17. The van der Waals surface area contributed by atoms with Crippen LogP contribution in [0.25, 0.3) is 0 Å². The fourth-order valence-corrected chi connectivity index (χ4v) is 4.53. The molecule has 174 valence electrons. The van der Waals surface area contributed by atoms with Gasteiger partial charge in [0, 0.05) is 23.0 Å². The number of nitrogens with zero attached hydrogens (tertiary/aromatic N) is 1. The van der Waals surface area contributed by atoms with Gasteiger partial charge in [0.05, 0.1) is 31.2 Å². The van der Waals surface area contributed by atoms with Gasteiger partial charge in [0.1, 0.15) is 0 Å². The van der Waals surface area contributed by atoms with Gasteiger partial charge >= 0.3 is 5.97 Å². The van der Waals surface area contributed by atoms with Gasteiger partial charge in [-0.3, -0.25) is 24.1 Å². The van der Waals surface area contributed by atoms with E-state index >= 15 is 0 Å². The van der Waals surface area contributed by atoms with Crippen LogP contribution in [0.2, 0.25) is 20.1 Å². The van der Waals surface area contributed by atoms with Crippen molar-refractivity contribution in [2.24, 2.45) is 0 Å². The molecule has 0 saturated heterocycles. The highest BCUT2D eigenvalue weighted by Gasteiger charge is 2.41. The predicted molar refractivity (Wildman–Crippen MR) is 130 cm³/mol. The molecule has 0 saturated carbocycles. The Balaban J connectivity index is 1.43. The maximum absolute atomic E-state index is 12.7. The predicted octanol–water partition coefficient (Wildman–Crippen LogP) is 6.65. The smallest absolute Gasteiger partial charge is 0.306 e. The van der Waals surface area contributed by atoms with E-state index in [2.05, 4.69) is 15.9 Å². The molecule has 1 aliphatic heterocycles. The highest BCUT2D eigenvalue weighted by atomic mass is 79.9. The van der Waals surface area contributed by atoms with E-state index in [0.717, 1.165) is 9.37 Å². The topological polar surface area (TPSA) is 80.8 Å². The number of benzene rings is 2. The standard InChI is InChI=1S/C22H16BrCl4NO5/c23-12-7-5-11(6-8-12)13(29)10-33-14(30)4-2-1-3-9-28-21(31)15-16(22(28)32)18(25)20(27)19(26)17(15)24/h5-8H,1-4,9-10H2. The van der Waals surface area contributed by atoms with Crippen molar-refractivity contribution in [3.05, 3.63) is 65.5 Å². The number of fused-ring (bicyclic) bond motifs is 1. The van der Waals surface area contributed by atoms with Gasteiger partial charge in [-0.05, 0) is 25.0 Å². The van der Waals surface area contributed by atoms with E-state index in [1.165, 1.54) is 0 Å². The van der Waals surface area contributed by atoms with E-state index in [1.54, 1.807) is 24.3 Å². The first-order valence-electron chi connectivity index (χ1n) is 9.80. The van der Waals surface area contributed by atoms with E-state index in [9.17, 15) is 19.2 Å². The van der Waals surface area contributed by atoms with Crippen molar-refractivity contribution in [1.29, 1.82) is 0 Å². The third kappa shape index (κ3) is 5.72. The molecule has 0 atom stereocenters. The Morgan fingerprint density at radius 2 is 1.36 bits per heavy atom. The van der Waals surface area contributed by atoms with Crippen molar-refractivity contribution < 1.29 is 23.9 Å². The van der Waals surface area contributed by atoms with E-state index in [1.807, 2.05) is 0 Å². The van der Waals surface area contributed by atoms with Gasteiger partial charge in [0.25, 0.3) is 11.8 Å². The van der Waals surface area contributed by atoms with Crippen LogP contribution in [0.15, 0.2) is 28.7 Å². The second kappa shape index (κ2) is 11.2. The number of esters is 1. The Hall–Kier alpha value is -1.64. The Labute approximate surface area is 218 Å². The van der Waals surface area contributed by atoms with Crippen LogP contribution in [0, 0.1) is 0 Å². The number of hydrogen-bond donors (Lipinski definition) is 0. The van der Waals surface area contributed by atoms with Gasteiger partial charge in [-0.2, -0.15) is 0 Å². The molecule has 0 bridgehead atoms. The summed E-state index contributed by atoms with van der Waals surface area (Å²) in [6.45, 7) is -0.215. The summed E-state index contributed by atoms with van der Waals surface area (Å²) in [4.78, 5) is 50.3. The molecule has 1 aliphatic rings. The van der Waals surface area contributed by atoms with Crippen molar-refractivity contribution in [2.45, 2.75) is 25.7 Å². The average Bonchev–Trinajstić information content (AvgIpc) is 3.04. The number of carbonyl (C=O) groups excluding carboxylic acids is 4. The molecule has 2 aromatic rings. The minimum Gasteiger partial charge on any atom is -0.457 e. The highest BCUT2D eigenvalue weighted by molar-refractivity contribution is 9.10. The van der Waals surface area contributed by atoms with Crippen LogP contribution in [0.3, 0.4) is 0 Å². The van der Waals surface area contributed by atoms with E-state index < -0.39 is 17.8 Å². The third-order valence-corrected chi connectivity index (χ3v) is 7.31. The Kier molecular flexibility index (Phi) is 8.81. The molecule has 0 aliphatic carbocycles. The molecule has 33 heavy (non-hydrogen) atoms. The molecular weight excluding hydrogens is 580 g/mol. The fourth-order valence-electron chi connectivity index (χ4n) is 3.25. The van der Waals surface area contributed by atoms with Crippen LogP contribution in [-0.4, -0.2) is 41.6 Å². The van der Waals surface area contributed by atoms with Gasteiger partial charge in [0.2, 0.25) is 0 Å². The maximum atomic E-state index is 12.7. The van der Waals surface area contributed by atoms with Crippen molar-refractivity contribution in [1.82, 2.24) is 4.90 Å². The van der Waals surface area contributed by atoms with Crippen molar-refractivity contribution in [2.75, 3.05) is 13.2 Å². The molecule has 0 fully saturated rings. The molecule has 0 spiro atoms. The van der Waals surface area contributed by atoms with Crippen LogP contribution in [0.1, 0.15) is 56.8 Å². The first-order valence-corrected chi connectivity index (χ1v) is 12.1. The summed E-state index contributed by atoms with van der Waals surface area (Å²) in [5, 5.41) is -0.380. The van der Waals surface area contributed by atoms with Gasteiger partial charge in [-0.1, -0.05) is 80.9 Å². The molecule has 6 nitrogen and oxygen atoms in total. The highest BCUT2D eigenvalue weighted by Crippen LogP contribution is 2.44. The average molecular weight is 596 g/mol. The SMILES string of the molecule is O=C(CCCCCN1C(=O)c2c(Cl)c(Cl)c(Cl)c(Cl)c2C1=O)OCC(=O)c1ccc(Br)cc1. The van der Waals surface area contributed by atoms with Crippen LogP contribution in [-0.2, 0) is 9.53 Å². The minimum absolute atomic E-state index is 0.0555. The van der Waals surface area contributed by atoms with Gasteiger partial charge in [-0.25, -0.2) is 0 Å². The number of unbranched alkanes of at least 4 members (excludes halogenated alkanes) is 2. The van der Waals surface area contributed by atoms with Crippen LogP contribution >= 0.6 is 62.3 Å². The normalized spacial score (nSPS) is 12.8. The summed E-state index contributed by atoms with van der Waals surface area (Å²) in [7, 11) is 0. The largest absolute Gasteiger partial charge is 0.457 e. The Morgan fingerprint density at radius 3 is 1.91 bits per heavy atom. The number of ether oxygens (including phenoxy) is 1. The van der Waals surface area contributed by atoms with Crippen LogP contribution in [0.4, 0.5) is 0 Å². The zero-order chi connectivity index (χ0) is 24.3. The Morgan fingerprint density at radius 1 is 0.818 bits per heavy atom. The number of carbonyl (C=O) groups is 4. The summed E-state index contributed by atoms with van der Waals surface area (Å²) in [6.07, 6.45) is 1.58. The van der Waals surface area contributed by atoms with Crippen molar-refractivity contribution in [3.8, 4) is 0 Å². The third-order valence-electron chi connectivity index (χ3n) is 4.98. The molecule has 0 radical (unpaired) electrons. The number of hydrogen-bond acceptors (Lipinski definition) is 5. The maximum Gasteiger partial charge on any atom is 0.306 e. The van der Waals surface area contributed by atoms with E-state index in [0.29, 0.717) is 24.8 Å². The molecule has 2 aromatic carbocycles. The summed E-state index contributed by atoms with van der Waals surface area (Å²) in [5.41, 5.74) is 0.342. The van der Waals surface area contributed by atoms with Gasteiger partial charge in [0.15, 0.2) is 12.4 Å². The van der Waals surface area contributed by atoms with E-state index in [-0.39, 0.29) is 56.6 Å². The van der Waals surface area contributed by atoms with Crippen LogP contribution in [0.5, 0.6) is 0 Å². The lowest BCUT2D eigenvalue weighted by atomic mass is 10.1. The van der Waals surface area contributed by atoms with E-state index in [4.69, 9.17) is 51.1 Å². The lowest BCUT2D eigenvalue weighted by Gasteiger charge is -2.13. The summed E-state index contributed by atoms with van der Waals surface area (Å²) >= 11 is 27.5. The quantitative estimate of drug-likeness (QED) is 0.0810. The number of halogens is 5. The molecule has 1 heterocycles. The molecule has 0 unspecified atom stereocenters. The molecular formula is C22H16BrCl4NO5. The molecule has 11 heteroatoms. The number of imide groups is 1. The zero-order valence-electron chi connectivity index (χ0n) is 16.9. The van der Waals surface area contributed by atoms with Gasteiger partial charge < -0.3 is 4.74 Å². The Bertz CT molecular complexity index is 1090. The number of Topliss-reactive ketones (excluding diaryl/α,β-unsaturated/α-hetero) is 1. The first kappa shape index (κ1) is 26.0. The molecule has 2 amide bonds. The lowest BCUT2D eigenvalue weighted by molar-refractivity contribution is -0.142. The summed E-state index contributed by atoms with van der Waals surface area (Å²) in [5.74, 6) is -1.97. The molecule has 3 rings (SSSR count). The minimum atomic E-state index is -0.591. The molecule has 0 N–H and O–H groups in total. The zero-order valence-corrected chi connectivity index (χ0v) is 21.5. The molecule has 0 aromatic heterocycles. The second-order valence-corrected chi connectivity index (χ2v) is 9.60. The van der Waals surface area contributed by atoms with Crippen molar-refractivity contribution in [3.63, 3.8) is 0 Å². The summed E-state index contributed by atoms with van der Waals surface area (Å²) in [6, 6.07) is 6.74. The number of ketones is 1. The number of amides is 2. The number of rotatable bonds is 9. The fraction of sp³-hybridized carbons (Fsp3) is 0.273. The summed E-state index contributed by atoms with van der Waals surface area (Å²) < 4.78 is 5.86.